The first kappa shape index (κ1) is 24.8. The summed E-state index contributed by atoms with van der Waals surface area (Å²) in [5.74, 6) is 3.50. The van der Waals surface area contributed by atoms with Gasteiger partial charge >= 0.3 is 0 Å². The van der Waals surface area contributed by atoms with Crippen LogP contribution >= 0.6 is 35.6 Å². The highest BCUT2D eigenvalue weighted by Gasteiger charge is 2.25. The summed E-state index contributed by atoms with van der Waals surface area (Å²) in [5, 5.41) is 4.10. The Balaban J connectivity index is 1.45. The monoisotopic (exact) mass is 501 g/mol. The van der Waals surface area contributed by atoms with E-state index in [2.05, 4.69) is 49.2 Å². The highest BCUT2D eigenvalue weighted by molar-refractivity contribution is 8.23. The lowest BCUT2D eigenvalue weighted by atomic mass is 9.92. The molecule has 1 aromatic carbocycles. The normalized spacial score (nSPS) is 18.4. The van der Waals surface area contributed by atoms with Gasteiger partial charge in [0.05, 0.1) is 16.4 Å². The molecule has 1 atom stereocenters. The van der Waals surface area contributed by atoms with Gasteiger partial charge in [-0.15, -0.1) is 0 Å². The first-order chi connectivity index (χ1) is 15.9. The number of fused-ring (bicyclic) bond motifs is 1. The summed E-state index contributed by atoms with van der Waals surface area (Å²) in [6.45, 7) is 7.54. The lowest BCUT2D eigenvalue weighted by Crippen LogP contribution is -2.31. The summed E-state index contributed by atoms with van der Waals surface area (Å²) in [7, 11) is 0. The minimum atomic E-state index is 0.566. The average molecular weight is 502 g/mol. The van der Waals surface area contributed by atoms with E-state index in [9.17, 15) is 0 Å². The number of nitrogens with one attached hydrogen (secondary N) is 1. The molecule has 1 fully saturated rings. The van der Waals surface area contributed by atoms with Gasteiger partial charge in [-0.25, -0.2) is 4.98 Å². The average Bonchev–Trinajstić information content (AvgIpc) is 3.30. The SMILES string of the molecule is CCc1nc(N2CC(C)Cc3cc(C)ccc32)cc(Cl)c1NC(=S)SCCCC1CCCC1. The summed E-state index contributed by atoms with van der Waals surface area (Å²) in [4.78, 5) is 7.37. The molecule has 0 bridgehead atoms. The minimum absolute atomic E-state index is 0.566. The van der Waals surface area contributed by atoms with Gasteiger partial charge in [-0.05, 0) is 56.1 Å². The first-order valence-electron chi connectivity index (χ1n) is 12.4. The van der Waals surface area contributed by atoms with Crippen LogP contribution in [0.5, 0.6) is 0 Å². The van der Waals surface area contributed by atoms with Crippen molar-refractivity contribution >= 4 is 57.1 Å². The molecule has 6 heteroatoms. The molecular formula is C27H36ClN3S2. The molecule has 0 saturated heterocycles. The second-order valence-electron chi connectivity index (χ2n) is 9.74. The van der Waals surface area contributed by atoms with Crippen molar-refractivity contribution in [2.45, 2.75) is 72.1 Å². The van der Waals surface area contributed by atoms with Crippen LogP contribution in [-0.2, 0) is 12.8 Å². The van der Waals surface area contributed by atoms with Gasteiger partial charge in [-0.1, -0.05) is 92.8 Å². The number of halogens is 1. The zero-order valence-corrected chi connectivity index (χ0v) is 22.5. The van der Waals surface area contributed by atoms with E-state index in [0.717, 1.165) is 52.6 Å². The van der Waals surface area contributed by atoms with E-state index in [1.165, 1.54) is 55.3 Å². The molecule has 1 unspecified atom stereocenters. The van der Waals surface area contributed by atoms with E-state index in [4.69, 9.17) is 28.8 Å². The Kier molecular flexibility index (Phi) is 8.59. The third-order valence-electron chi connectivity index (χ3n) is 6.92. The fourth-order valence-electron chi connectivity index (χ4n) is 5.26. The minimum Gasteiger partial charge on any atom is -0.338 e. The molecular weight excluding hydrogens is 466 g/mol. The Morgan fingerprint density at radius 2 is 2.06 bits per heavy atom. The maximum Gasteiger partial charge on any atom is 0.138 e. The van der Waals surface area contributed by atoms with Crippen LogP contribution < -0.4 is 10.2 Å². The maximum atomic E-state index is 6.81. The Morgan fingerprint density at radius 1 is 1.27 bits per heavy atom. The van der Waals surface area contributed by atoms with Crippen molar-refractivity contribution < 1.29 is 0 Å². The number of thioether (sulfide) groups is 1. The summed E-state index contributed by atoms with van der Waals surface area (Å²) >= 11 is 14.2. The second-order valence-corrected chi connectivity index (χ2v) is 11.9. The van der Waals surface area contributed by atoms with Gasteiger partial charge in [0, 0.05) is 24.1 Å². The van der Waals surface area contributed by atoms with Crippen molar-refractivity contribution in [2.75, 3.05) is 22.5 Å². The molecule has 33 heavy (non-hydrogen) atoms. The van der Waals surface area contributed by atoms with Crippen molar-refractivity contribution in [2.24, 2.45) is 11.8 Å². The molecule has 1 saturated carbocycles. The van der Waals surface area contributed by atoms with Crippen molar-refractivity contribution in [1.82, 2.24) is 4.98 Å². The van der Waals surface area contributed by atoms with Gasteiger partial charge in [0.15, 0.2) is 0 Å². The molecule has 2 aromatic rings. The number of thiocarbonyl (C=S) groups is 1. The third-order valence-corrected chi connectivity index (χ3v) is 8.54. The van der Waals surface area contributed by atoms with Crippen LogP contribution in [0.25, 0.3) is 0 Å². The van der Waals surface area contributed by atoms with Crippen LogP contribution in [0.1, 0.15) is 69.2 Å². The fourth-order valence-corrected chi connectivity index (χ4v) is 6.53. The van der Waals surface area contributed by atoms with Crippen LogP contribution in [0.4, 0.5) is 17.2 Å². The van der Waals surface area contributed by atoms with Gasteiger partial charge < -0.3 is 10.2 Å². The lowest BCUT2D eigenvalue weighted by Gasteiger charge is -2.35. The lowest BCUT2D eigenvalue weighted by molar-refractivity contribution is 0.499. The molecule has 3 nitrogen and oxygen atoms in total. The smallest absolute Gasteiger partial charge is 0.138 e. The van der Waals surface area contributed by atoms with Gasteiger partial charge in [0.2, 0.25) is 0 Å². The second kappa shape index (κ2) is 11.4. The zero-order chi connectivity index (χ0) is 23.4. The predicted molar refractivity (Wildman–Crippen MR) is 150 cm³/mol. The third kappa shape index (κ3) is 6.23. The Labute approximate surface area is 214 Å². The quantitative estimate of drug-likeness (QED) is 0.304. The molecule has 0 amide bonds. The fraction of sp³-hybridized carbons (Fsp3) is 0.556. The highest BCUT2D eigenvalue weighted by atomic mass is 35.5. The standard InChI is InChI=1S/C27H36ClN3S2/c1-4-23-26(30-27(32)33-13-7-10-20-8-5-6-9-20)22(28)16-25(29-23)31-17-19(3)15-21-14-18(2)11-12-24(21)31/h11-12,14,16,19-20H,4-10,13,15,17H2,1-3H3,(H,30,32). The van der Waals surface area contributed by atoms with Gasteiger partial charge in [0.25, 0.3) is 0 Å². The van der Waals surface area contributed by atoms with Gasteiger partial charge in [-0.3, -0.25) is 0 Å². The van der Waals surface area contributed by atoms with Crippen LogP contribution in [0.15, 0.2) is 24.3 Å². The number of hydrogen-bond acceptors (Lipinski definition) is 4. The summed E-state index contributed by atoms with van der Waals surface area (Å²) in [6.07, 6.45) is 10.1. The van der Waals surface area contributed by atoms with E-state index in [1.807, 2.05) is 6.07 Å². The van der Waals surface area contributed by atoms with Gasteiger partial charge in [0.1, 0.15) is 10.1 Å². The number of aromatic nitrogens is 1. The number of anilines is 3. The number of aryl methyl sites for hydroxylation is 2. The van der Waals surface area contributed by atoms with Crippen LogP contribution in [0, 0.1) is 18.8 Å². The molecule has 2 aliphatic rings. The van der Waals surface area contributed by atoms with Crippen molar-refractivity contribution in [1.29, 1.82) is 0 Å². The number of rotatable bonds is 7. The molecule has 0 radical (unpaired) electrons. The molecule has 1 aliphatic heterocycles. The Hall–Kier alpha value is -1.30. The zero-order valence-electron chi connectivity index (χ0n) is 20.1. The van der Waals surface area contributed by atoms with Crippen molar-refractivity contribution in [3.63, 3.8) is 0 Å². The molecule has 1 aromatic heterocycles. The van der Waals surface area contributed by atoms with E-state index < -0.39 is 0 Å². The van der Waals surface area contributed by atoms with E-state index in [-0.39, 0.29) is 0 Å². The molecule has 1 N–H and O–H groups in total. The van der Waals surface area contributed by atoms with Crippen LogP contribution in [0.2, 0.25) is 5.02 Å². The van der Waals surface area contributed by atoms with Crippen molar-refractivity contribution in [3.8, 4) is 0 Å². The van der Waals surface area contributed by atoms with E-state index in [0.29, 0.717) is 10.9 Å². The van der Waals surface area contributed by atoms with Gasteiger partial charge in [-0.2, -0.15) is 0 Å². The molecule has 0 spiro atoms. The van der Waals surface area contributed by atoms with Crippen LogP contribution in [0.3, 0.4) is 0 Å². The molecule has 2 heterocycles. The van der Waals surface area contributed by atoms with E-state index in [1.54, 1.807) is 11.8 Å². The summed E-state index contributed by atoms with van der Waals surface area (Å²) < 4.78 is 0.792. The number of pyridine rings is 1. The maximum absolute atomic E-state index is 6.81. The van der Waals surface area contributed by atoms with Crippen molar-refractivity contribution in [3.05, 3.63) is 46.1 Å². The Bertz CT molecular complexity index is 988. The van der Waals surface area contributed by atoms with Crippen LogP contribution in [-0.4, -0.2) is 21.6 Å². The van der Waals surface area contributed by atoms with E-state index >= 15 is 0 Å². The highest BCUT2D eigenvalue weighted by Crippen LogP contribution is 2.38. The number of benzene rings is 1. The molecule has 178 valence electrons. The molecule has 4 rings (SSSR count). The summed E-state index contributed by atoms with van der Waals surface area (Å²) in [6, 6.07) is 8.71. The summed E-state index contributed by atoms with van der Waals surface area (Å²) in [5.41, 5.74) is 5.78. The number of hydrogen-bond donors (Lipinski definition) is 1. The largest absolute Gasteiger partial charge is 0.338 e. The topological polar surface area (TPSA) is 28.2 Å². The predicted octanol–water partition coefficient (Wildman–Crippen LogP) is 8.34. The Morgan fingerprint density at radius 3 is 2.82 bits per heavy atom. The first-order valence-corrected chi connectivity index (χ1v) is 14.2. The molecule has 1 aliphatic carbocycles. The number of nitrogens with zero attached hydrogens (tertiary/aromatic N) is 2.